The van der Waals surface area contributed by atoms with Gasteiger partial charge in [-0.25, -0.2) is 0 Å². The number of amides is 2. The molecule has 0 unspecified atom stereocenters. The average molecular weight is 389 g/mol. The van der Waals surface area contributed by atoms with Crippen LogP contribution in [0.4, 0.5) is 17.1 Å². The fourth-order valence-corrected chi connectivity index (χ4v) is 2.85. The van der Waals surface area contributed by atoms with Gasteiger partial charge < -0.3 is 15.4 Å². The van der Waals surface area contributed by atoms with Gasteiger partial charge in [0.05, 0.1) is 29.6 Å². The van der Waals surface area contributed by atoms with Crippen LogP contribution >= 0.6 is 11.8 Å². The van der Waals surface area contributed by atoms with Crippen molar-refractivity contribution in [3.63, 3.8) is 0 Å². The number of methoxy groups -OCH3 is 1. The lowest BCUT2D eigenvalue weighted by Gasteiger charge is -2.08. The van der Waals surface area contributed by atoms with Gasteiger partial charge in [0.1, 0.15) is 11.4 Å². The van der Waals surface area contributed by atoms with Gasteiger partial charge in [-0.1, -0.05) is 12.1 Å². The number of anilines is 2. The molecule has 0 atom stereocenters. The number of rotatable bonds is 8. The number of benzene rings is 2. The van der Waals surface area contributed by atoms with E-state index in [0.717, 1.165) is 17.3 Å². The second-order valence-electron chi connectivity index (χ2n) is 5.60. The van der Waals surface area contributed by atoms with Crippen LogP contribution in [0.15, 0.2) is 42.5 Å². The molecule has 0 aliphatic rings. The normalized spacial score (nSPS) is 10.1. The summed E-state index contributed by atoms with van der Waals surface area (Å²) in [6.07, 6.45) is 0. The van der Waals surface area contributed by atoms with Crippen LogP contribution in [0.2, 0.25) is 0 Å². The highest BCUT2D eigenvalue weighted by Crippen LogP contribution is 2.29. The molecular formula is C18H19N3O5S. The molecule has 0 saturated carbocycles. The molecule has 0 aliphatic carbocycles. The number of thioether (sulfide) groups is 1. The van der Waals surface area contributed by atoms with Crippen molar-refractivity contribution in [2.45, 2.75) is 6.92 Å². The standard InChI is InChI=1S/C18H19N3O5S/c1-12-4-3-5-13(8-12)19-17(22)10-27-11-18(23)20-15-7-6-14(26-2)9-16(15)21(24)25/h3-9H,10-11H2,1-2H3,(H,19,22)(H,20,23). The summed E-state index contributed by atoms with van der Waals surface area (Å²) < 4.78 is 4.95. The Labute approximate surface area is 160 Å². The largest absolute Gasteiger partial charge is 0.496 e. The maximum atomic E-state index is 12.0. The topological polar surface area (TPSA) is 111 Å². The number of hydrogen-bond donors (Lipinski definition) is 2. The van der Waals surface area contributed by atoms with Gasteiger partial charge in [0.15, 0.2) is 0 Å². The molecule has 2 amide bonds. The number of aryl methyl sites for hydroxylation is 1. The number of ether oxygens (including phenoxy) is 1. The molecule has 142 valence electrons. The molecule has 0 radical (unpaired) electrons. The Kier molecular flexibility index (Phi) is 7.18. The van der Waals surface area contributed by atoms with E-state index in [4.69, 9.17) is 4.74 Å². The summed E-state index contributed by atoms with van der Waals surface area (Å²) in [4.78, 5) is 34.4. The predicted molar refractivity (Wildman–Crippen MR) is 105 cm³/mol. The molecule has 0 heterocycles. The Bertz CT molecular complexity index is 857. The Hall–Kier alpha value is -3.07. The maximum Gasteiger partial charge on any atom is 0.296 e. The Morgan fingerprint density at radius 2 is 1.81 bits per heavy atom. The third kappa shape index (κ3) is 6.30. The zero-order chi connectivity index (χ0) is 19.8. The SMILES string of the molecule is COc1ccc(NC(=O)CSCC(=O)Nc2cccc(C)c2)c([N+](=O)[O-])c1. The molecule has 27 heavy (non-hydrogen) atoms. The molecule has 2 aromatic rings. The number of nitro benzene ring substituents is 1. The number of nitrogens with one attached hydrogen (secondary N) is 2. The lowest BCUT2D eigenvalue weighted by atomic mass is 10.2. The number of nitro groups is 1. The molecule has 2 N–H and O–H groups in total. The van der Waals surface area contributed by atoms with Gasteiger partial charge in [0.2, 0.25) is 11.8 Å². The third-order valence-corrected chi connectivity index (χ3v) is 4.38. The van der Waals surface area contributed by atoms with Crippen LogP contribution in [0, 0.1) is 17.0 Å². The summed E-state index contributed by atoms with van der Waals surface area (Å²) in [7, 11) is 1.40. The van der Waals surface area contributed by atoms with Crippen LogP contribution in [-0.4, -0.2) is 35.4 Å². The van der Waals surface area contributed by atoms with E-state index in [-0.39, 0.29) is 28.8 Å². The van der Waals surface area contributed by atoms with Crippen molar-refractivity contribution >= 4 is 40.6 Å². The molecule has 0 bridgehead atoms. The number of carbonyl (C=O) groups is 2. The van der Waals surface area contributed by atoms with E-state index in [0.29, 0.717) is 11.4 Å². The highest BCUT2D eigenvalue weighted by atomic mass is 32.2. The first-order valence-corrected chi connectivity index (χ1v) is 9.11. The summed E-state index contributed by atoms with van der Waals surface area (Å²) in [6.45, 7) is 1.92. The lowest BCUT2D eigenvalue weighted by molar-refractivity contribution is -0.384. The highest BCUT2D eigenvalue weighted by molar-refractivity contribution is 8.00. The van der Waals surface area contributed by atoms with Crippen LogP contribution in [0.3, 0.4) is 0 Å². The van der Waals surface area contributed by atoms with Crippen LogP contribution in [-0.2, 0) is 9.59 Å². The minimum Gasteiger partial charge on any atom is -0.496 e. The van der Waals surface area contributed by atoms with Crippen molar-refractivity contribution in [2.24, 2.45) is 0 Å². The van der Waals surface area contributed by atoms with Crippen molar-refractivity contribution in [3.8, 4) is 5.75 Å². The molecule has 2 aromatic carbocycles. The third-order valence-electron chi connectivity index (χ3n) is 3.44. The number of hydrogen-bond acceptors (Lipinski definition) is 6. The molecular weight excluding hydrogens is 370 g/mol. The summed E-state index contributed by atoms with van der Waals surface area (Å²) in [6, 6.07) is 11.6. The van der Waals surface area contributed by atoms with Gasteiger partial charge in [-0.05, 0) is 36.8 Å². The zero-order valence-corrected chi connectivity index (χ0v) is 15.7. The number of nitrogens with zero attached hydrogens (tertiary/aromatic N) is 1. The van der Waals surface area contributed by atoms with E-state index in [1.165, 1.54) is 25.3 Å². The van der Waals surface area contributed by atoms with Crippen LogP contribution in [0.25, 0.3) is 0 Å². The van der Waals surface area contributed by atoms with Gasteiger partial charge in [0.25, 0.3) is 5.69 Å². The fourth-order valence-electron chi connectivity index (χ4n) is 2.24. The lowest BCUT2D eigenvalue weighted by Crippen LogP contribution is -2.19. The van der Waals surface area contributed by atoms with Crippen LogP contribution < -0.4 is 15.4 Å². The molecule has 0 spiro atoms. The minimum absolute atomic E-state index is 0.00950. The van der Waals surface area contributed by atoms with Gasteiger partial charge in [0, 0.05) is 5.69 Å². The van der Waals surface area contributed by atoms with Crippen molar-refractivity contribution in [2.75, 3.05) is 29.2 Å². The predicted octanol–water partition coefficient (Wildman–Crippen LogP) is 3.22. The summed E-state index contributed by atoms with van der Waals surface area (Å²) in [5.41, 5.74) is 1.54. The van der Waals surface area contributed by atoms with Gasteiger partial charge >= 0.3 is 0 Å². The van der Waals surface area contributed by atoms with Crippen LogP contribution in [0.1, 0.15) is 5.56 Å². The highest BCUT2D eigenvalue weighted by Gasteiger charge is 2.17. The second kappa shape index (κ2) is 9.58. The van der Waals surface area contributed by atoms with Crippen LogP contribution in [0.5, 0.6) is 5.75 Å². The molecule has 0 aromatic heterocycles. The van der Waals surface area contributed by atoms with E-state index in [9.17, 15) is 19.7 Å². The monoisotopic (exact) mass is 389 g/mol. The molecule has 0 fully saturated rings. The van der Waals surface area contributed by atoms with Gasteiger partial charge in [-0.2, -0.15) is 0 Å². The molecule has 0 aliphatic heterocycles. The average Bonchev–Trinajstić information content (AvgIpc) is 2.61. The summed E-state index contributed by atoms with van der Waals surface area (Å²) in [5, 5.41) is 16.3. The fraction of sp³-hybridized carbons (Fsp3) is 0.222. The van der Waals surface area contributed by atoms with E-state index in [2.05, 4.69) is 10.6 Å². The molecule has 8 nitrogen and oxygen atoms in total. The second-order valence-corrected chi connectivity index (χ2v) is 6.58. The van der Waals surface area contributed by atoms with Crippen molar-refractivity contribution in [1.29, 1.82) is 0 Å². The van der Waals surface area contributed by atoms with Crippen molar-refractivity contribution in [1.82, 2.24) is 0 Å². The van der Waals surface area contributed by atoms with Crippen molar-refractivity contribution in [3.05, 3.63) is 58.1 Å². The smallest absolute Gasteiger partial charge is 0.296 e. The Morgan fingerprint density at radius 3 is 2.44 bits per heavy atom. The summed E-state index contributed by atoms with van der Waals surface area (Å²) in [5.74, 6) is -0.261. The minimum atomic E-state index is -0.597. The first kappa shape index (κ1) is 20.2. The van der Waals surface area contributed by atoms with E-state index >= 15 is 0 Å². The Morgan fingerprint density at radius 1 is 1.11 bits per heavy atom. The molecule has 0 saturated heterocycles. The van der Waals surface area contributed by atoms with E-state index in [1.807, 2.05) is 25.1 Å². The first-order chi connectivity index (χ1) is 12.9. The first-order valence-electron chi connectivity index (χ1n) is 7.95. The molecule has 9 heteroatoms. The number of carbonyl (C=O) groups excluding carboxylic acids is 2. The quantitative estimate of drug-likeness (QED) is 0.530. The van der Waals surface area contributed by atoms with Gasteiger partial charge in [-0.15, -0.1) is 11.8 Å². The molecule has 2 rings (SSSR count). The maximum absolute atomic E-state index is 12.0. The van der Waals surface area contributed by atoms with E-state index < -0.39 is 10.8 Å². The Balaban J connectivity index is 1.84. The summed E-state index contributed by atoms with van der Waals surface area (Å²) >= 11 is 1.12. The van der Waals surface area contributed by atoms with E-state index in [1.54, 1.807) is 6.07 Å². The van der Waals surface area contributed by atoms with Crippen molar-refractivity contribution < 1.29 is 19.2 Å². The van der Waals surface area contributed by atoms with Gasteiger partial charge in [-0.3, -0.25) is 19.7 Å². The zero-order valence-electron chi connectivity index (χ0n) is 14.9.